The molecule has 3 aromatic rings. The first-order chi connectivity index (χ1) is 17.0. The lowest BCUT2D eigenvalue weighted by Gasteiger charge is -2.34. The van der Waals surface area contributed by atoms with Gasteiger partial charge in [0.15, 0.2) is 0 Å². The van der Waals surface area contributed by atoms with Gasteiger partial charge in [0.2, 0.25) is 0 Å². The van der Waals surface area contributed by atoms with Crippen LogP contribution in [0.15, 0.2) is 66.7 Å². The molecule has 1 aliphatic heterocycles. The molecule has 0 atom stereocenters. The number of nitrogens with one attached hydrogen (secondary N) is 2. The first-order valence-corrected chi connectivity index (χ1v) is 12.1. The second-order valence-electron chi connectivity index (χ2n) is 9.04. The zero-order chi connectivity index (χ0) is 24.6. The van der Waals surface area contributed by atoms with Gasteiger partial charge in [0.05, 0.1) is 5.69 Å². The number of amides is 2. The number of hydrogen-bond acceptors (Lipinski definition) is 3. The Hall–Kier alpha value is -3.61. The third kappa shape index (κ3) is 6.94. The molecular weight excluding hydrogens is 448 g/mol. The number of hydrogen-bond donors (Lipinski definition) is 3. The number of anilines is 2. The summed E-state index contributed by atoms with van der Waals surface area (Å²) in [7, 11) is 0. The van der Waals surface area contributed by atoms with Gasteiger partial charge in [-0.1, -0.05) is 24.3 Å². The Morgan fingerprint density at radius 2 is 1.60 bits per heavy atom. The molecule has 35 heavy (non-hydrogen) atoms. The highest BCUT2D eigenvalue weighted by Gasteiger charge is 2.22. The molecule has 5 nitrogen and oxygen atoms in total. The molecule has 1 heterocycles. The Balaban J connectivity index is 1.23. The Kier molecular flexibility index (Phi) is 8.19. The molecule has 0 radical (unpaired) electrons. The summed E-state index contributed by atoms with van der Waals surface area (Å²) in [5, 5.41) is 16.3. The Morgan fingerprint density at radius 1 is 0.943 bits per heavy atom. The molecule has 4 rings (SSSR count). The van der Waals surface area contributed by atoms with Gasteiger partial charge in [-0.15, -0.1) is 0 Å². The minimum Gasteiger partial charge on any atom is -0.505 e. The lowest BCUT2D eigenvalue weighted by molar-refractivity contribution is 0.252. The fourth-order valence-electron chi connectivity index (χ4n) is 4.56. The molecule has 184 valence electrons. The largest absolute Gasteiger partial charge is 0.505 e. The van der Waals surface area contributed by atoms with Crippen LogP contribution in [0, 0.1) is 17.6 Å². The van der Waals surface area contributed by atoms with E-state index in [2.05, 4.69) is 15.5 Å². The van der Waals surface area contributed by atoms with Crippen LogP contribution in [0.3, 0.4) is 0 Å². The Bertz CT molecular complexity index is 1110. The predicted octanol–water partition coefficient (Wildman–Crippen LogP) is 5.88. The van der Waals surface area contributed by atoms with E-state index >= 15 is 0 Å². The maximum atomic E-state index is 13.1. The van der Waals surface area contributed by atoms with Crippen LogP contribution in [0.25, 0.3) is 0 Å². The number of phenols is 1. The van der Waals surface area contributed by atoms with Crippen LogP contribution in [0.2, 0.25) is 0 Å². The summed E-state index contributed by atoms with van der Waals surface area (Å²) in [5.74, 6) is 0.296. The number of phenolic OH excluding ortho intramolecular Hbond substituents is 1. The standard InChI is InChI=1S/C28H31F2N3O2/c29-23-8-6-20(7-9-23)19-21-14-17-33(18-15-21)26-5-1-3-22(27(26)34)4-2-16-31-28(35)32-25-12-10-24(30)11-13-25/h1,3,5-13,21,34H,2,4,14-19H2,(H2,31,32,35). The van der Waals surface area contributed by atoms with Gasteiger partial charge in [0, 0.05) is 25.3 Å². The minimum absolute atomic E-state index is 0.206. The number of para-hydroxylation sites is 1. The molecule has 1 saturated heterocycles. The maximum absolute atomic E-state index is 13.1. The quantitative estimate of drug-likeness (QED) is 0.353. The summed E-state index contributed by atoms with van der Waals surface area (Å²) < 4.78 is 26.1. The van der Waals surface area contributed by atoms with Gasteiger partial charge >= 0.3 is 6.03 Å². The Labute approximate surface area is 204 Å². The molecule has 0 aromatic heterocycles. The molecule has 2 amide bonds. The molecule has 3 aromatic carbocycles. The molecular formula is C28H31F2N3O2. The predicted molar refractivity (Wildman–Crippen MR) is 135 cm³/mol. The number of benzene rings is 3. The van der Waals surface area contributed by atoms with Crippen LogP contribution in [0.4, 0.5) is 25.0 Å². The number of aromatic hydroxyl groups is 1. The van der Waals surface area contributed by atoms with Crippen LogP contribution in [0.1, 0.15) is 30.4 Å². The summed E-state index contributed by atoms with van der Waals surface area (Å²) in [5.41, 5.74) is 3.40. The molecule has 7 heteroatoms. The van der Waals surface area contributed by atoms with Gasteiger partial charge in [-0.25, -0.2) is 13.6 Å². The Morgan fingerprint density at radius 3 is 2.29 bits per heavy atom. The number of rotatable bonds is 8. The van der Waals surface area contributed by atoms with E-state index in [9.17, 15) is 18.7 Å². The molecule has 0 spiro atoms. The van der Waals surface area contributed by atoms with Gasteiger partial charge in [0.25, 0.3) is 0 Å². The van der Waals surface area contributed by atoms with E-state index in [4.69, 9.17) is 0 Å². The number of carbonyl (C=O) groups is 1. The van der Waals surface area contributed by atoms with Crippen LogP contribution < -0.4 is 15.5 Å². The lowest BCUT2D eigenvalue weighted by Crippen LogP contribution is -2.34. The van der Waals surface area contributed by atoms with E-state index in [0.29, 0.717) is 36.7 Å². The van der Waals surface area contributed by atoms with Gasteiger partial charge in [-0.2, -0.15) is 0 Å². The fourth-order valence-corrected chi connectivity index (χ4v) is 4.56. The molecule has 0 bridgehead atoms. The van der Waals surface area contributed by atoms with Gasteiger partial charge in [0.1, 0.15) is 17.4 Å². The van der Waals surface area contributed by atoms with Crippen molar-refractivity contribution < 1.29 is 18.7 Å². The second-order valence-corrected chi connectivity index (χ2v) is 9.04. The van der Waals surface area contributed by atoms with Crippen molar-refractivity contribution in [1.29, 1.82) is 0 Å². The van der Waals surface area contributed by atoms with Crippen molar-refractivity contribution in [3.63, 3.8) is 0 Å². The highest BCUT2D eigenvalue weighted by Crippen LogP contribution is 2.34. The van der Waals surface area contributed by atoms with Crippen molar-refractivity contribution in [2.75, 3.05) is 29.9 Å². The summed E-state index contributed by atoms with van der Waals surface area (Å²) >= 11 is 0. The van der Waals surface area contributed by atoms with Crippen LogP contribution in [0.5, 0.6) is 5.75 Å². The van der Waals surface area contributed by atoms with Crippen molar-refractivity contribution in [2.45, 2.75) is 32.1 Å². The third-order valence-electron chi connectivity index (χ3n) is 6.50. The average Bonchev–Trinajstić information content (AvgIpc) is 2.86. The van der Waals surface area contributed by atoms with Gasteiger partial charge in [-0.3, -0.25) is 0 Å². The van der Waals surface area contributed by atoms with Crippen LogP contribution >= 0.6 is 0 Å². The summed E-state index contributed by atoms with van der Waals surface area (Å²) in [4.78, 5) is 14.2. The van der Waals surface area contributed by atoms with E-state index in [-0.39, 0.29) is 17.7 Å². The first-order valence-electron chi connectivity index (χ1n) is 12.1. The number of halogens is 2. The van der Waals surface area contributed by atoms with Crippen molar-refractivity contribution in [3.05, 3.63) is 89.5 Å². The van der Waals surface area contributed by atoms with E-state index in [1.807, 2.05) is 30.3 Å². The first kappa shape index (κ1) is 24.5. The fraction of sp³-hybridized carbons (Fsp3) is 0.321. The highest BCUT2D eigenvalue weighted by atomic mass is 19.1. The normalized spacial score (nSPS) is 14.1. The van der Waals surface area contributed by atoms with Crippen LogP contribution in [-0.4, -0.2) is 30.8 Å². The molecule has 3 N–H and O–H groups in total. The SMILES string of the molecule is O=C(NCCCc1cccc(N2CCC(Cc3ccc(F)cc3)CC2)c1O)Nc1ccc(F)cc1. The minimum atomic E-state index is -0.354. The van der Waals surface area contributed by atoms with Crippen molar-refractivity contribution in [2.24, 2.45) is 5.92 Å². The van der Waals surface area contributed by atoms with E-state index in [0.717, 1.165) is 49.2 Å². The van der Waals surface area contributed by atoms with Crippen LogP contribution in [-0.2, 0) is 12.8 Å². The highest BCUT2D eigenvalue weighted by molar-refractivity contribution is 5.89. The van der Waals surface area contributed by atoms with E-state index in [1.54, 1.807) is 0 Å². The molecule has 0 aliphatic carbocycles. The third-order valence-corrected chi connectivity index (χ3v) is 6.50. The molecule has 0 unspecified atom stereocenters. The topological polar surface area (TPSA) is 64.6 Å². The van der Waals surface area contributed by atoms with Crippen molar-refractivity contribution in [1.82, 2.24) is 5.32 Å². The number of piperidine rings is 1. The lowest BCUT2D eigenvalue weighted by atomic mass is 9.90. The summed E-state index contributed by atoms with van der Waals surface area (Å²) in [6.07, 6.45) is 4.30. The number of aryl methyl sites for hydroxylation is 1. The zero-order valence-corrected chi connectivity index (χ0v) is 19.6. The summed E-state index contributed by atoms with van der Waals surface area (Å²) in [6, 6.07) is 17.8. The van der Waals surface area contributed by atoms with Gasteiger partial charge < -0.3 is 20.6 Å². The van der Waals surface area contributed by atoms with Crippen molar-refractivity contribution in [3.8, 4) is 5.75 Å². The molecule has 1 fully saturated rings. The van der Waals surface area contributed by atoms with E-state index < -0.39 is 0 Å². The average molecular weight is 480 g/mol. The number of nitrogens with zero attached hydrogens (tertiary/aromatic N) is 1. The van der Waals surface area contributed by atoms with E-state index in [1.165, 1.54) is 36.4 Å². The second kappa shape index (κ2) is 11.7. The smallest absolute Gasteiger partial charge is 0.319 e. The maximum Gasteiger partial charge on any atom is 0.319 e. The zero-order valence-electron chi connectivity index (χ0n) is 19.6. The molecule has 0 saturated carbocycles. The van der Waals surface area contributed by atoms with Crippen molar-refractivity contribution >= 4 is 17.4 Å². The number of urea groups is 1. The summed E-state index contributed by atoms with van der Waals surface area (Å²) in [6.45, 7) is 2.19. The number of carbonyl (C=O) groups excluding carboxylic acids is 1. The monoisotopic (exact) mass is 479 g/mol. The molecule has 1 aliphatic rings. The van der Waals surface area contributed by atoms with Gasteiger partial charge in [-0.05, 0) is 91.6 Å².